The Kier molecular flexibility index (Phi) is 2.11. The van der Waals surface area contributed by atoms with Crippen molar-refractivity contribution >= 4 is 28.9 Å². The first-order chi connectivity index (χ1) is 4.72. The third-order valence-corrected chi connectivity index (χ3v) is 1.47. The maximum Gasteiger partial charge on any atom is 0.231 e. The maximum absolute atomic E-state index is 10.8. The van der Waals surface area contributed by atoms with Crippen molar-refractivity contribution in [1.29, 1.82) is 0 Å². The zero-order valence-electron chi connectivity index (χ0n) is 5.68. The van der Waals surface area contributed by atoms with Crippen LogP contribution in [0.25, 0.3) is 0 Å². The van der Waals surface area contributed by atoms with Crippen molar-refractivity contribution in [2.24, 2.45) is 4.99 Å². The van der Waals surface area contributed by atoms with Crippen molar-refractivity contribution in [2.75, 3.05) is 0 Å². The number of rotatable bonds is 1. The van der Waals surface area contributed by atoms with Crippen LogP contribution >= 0.6 is 12.2 Å². The summed E-state index contributed by atoms with van der Waals surface area (Å²) in [5.41, 5.74) is 0.869. The molecule has 1 aliphatic heterocycles. The molecule has 0 saturated carbocycles. The minimum Gasteiger partial charge on any atom is -0.301 e. The highest BCUT2D eigenvalue weighted by Crippen LogP contribution is 1.99. The molecule has 0 bridgehead atoms. The Balaban J connectivity index is 2.74. The topological polar surface area (TPSA) is 41.5 Å². The van der Waals surface area contributed by atoms with Gasteiger partial charge in [0.15, 0.2) is 5.11 Å². The van der Waals surface area contributed by atoms with Crippen molar-refractivity contribution in [3.8, 4) is 0 Å². The third kappa shape index (κ3) is 1.60. The van der Waals surface area contributed by atoms with Gasteiger partial charge in [0, 0.05) is 5.71 Å². The summed E-state index contributed by atoms with van der Waals surface area (Å²) in [5.74, 6) is -0.0446. The zero-order chi connectivity index (χ0) is 7.56. The number of aliphatic imine (C=N–C) groups is 1. The Hall–Kier alpha value is -0.770. The van der Waals surface area contributed by atoms with Crippen molar-refractivity contribution in [2.45, 2.75) is 19.8 Å². The fourth-order valence-corrected chi connectivity index (χ4v) is 1.01. The van der Waals surface area contributed by atoms with E-state index in [0.29, 0.717) is 11.5 Å². The molecule has 0 aromatic rings. The molecule has 0 fully saturated rings. The number of hydrogen-bond donors (Lipinski definition) is 1. The van der Waals surface area contributed by atoms with Crippen LogP contribution in [0.5, 0.6) is 0 Å². The lowest BCUT2D eigenvalue weighted by Gasteiger charge is -2.10. The van der Waals surface area contributed by atoms with Gasteiger partial charge in [0.1, 0.15) is 0 Å². The van der Waals surface area contributed by atoms with Gasteiger partial charge >= 0.3 is 0 Å². The average molecular weight is 156 g/mol. The molecule has 0 saturated heterocycles. The largest absolute Gasteiger partial charge is 0.301 e. The molecule has 1 heterocycles. The quantitative estimate of drug-likeness (QED) is 0.566. The van der Waals surface area contributed by atoms with E-state index in [1.807, 2.05) is 6.92 Å². The second-order valence-electron chi connectivity index (χ2n) is 2.06. The van der Waals surface area contributed by atoms with Crippen molar-refractivity contribution in [1.82, 2.24) is 5.32 Å². The predicted molar refractivity (Wildman–Crippen MR) is 43.1 cm³/mol. The van der Waals surface area contributed by atoms with Crippen LogP contribution in [-0.4, -0.2) is 16.7 Å². The zero-order valence-corrected chi connectivity index (χ0v) is 6.49. The molecule has 10 heavy (non-hydrogen) atoms. The number of nitrogens with zero attached hydrogens (tertiary/aromatic N) is 1. The van der Waals surface area contributed by atoms with E-state index in [2.05, 4.69) is 10.3 Å². The number of hydrogen-bond acceptors (Lipinski definition) is 2. The van der Waals surface area contributed by atoms with E-state index in [4.69, 9.17) is 12.2 Å². The number of amides is 1. The molecule has 1 amide bonds. The van der Waals surface area contributed by atoms with E-state index >= 15 is 0 Å². The monoisotopic (exact) mass is 156 g/mol. The van der Waals surface area contributed by atoms with Crippen LogP contribution in [-0.2, 0) is 4.79 Å². The minimum absolute atomic E-state index is 0.0446. The fraction of sp³-hybridized carbons (Fsp3) is 0.500. The van der Waals surface area contributed by atoms with E-state index in [9.17, 15) is 4.79 Å². The normalized spacial score (nSPS) is 18.3. The van der Waals surface area contributed by atoms with Gasteiger partial charge in [-0.15, -0.1) is 0 Å². The molecule has 0 atom stereocenters. The van der Waals surface area contributed by atoms with E-state index in [-0.39, 0.29) is 5.91 Å². The molecule has 1 N–H and O–H groups in total. The lowest BCUT2D eigenvalue weighted by Crippen LogP contribution is -2.34. The van der Waals surface area contributed by atoms with Gasteiger partial charge in [-0.3, -0.25) is 4.79 Å². The molecular weight excluding hydrogens is 148 g/mol. The van der Waals surface area contributed by atoms with Crippen LogP contribution in [0.4, 0.5) is 0 Å². The first-order valence-corrected chi connectivity index (χ1v) is 3.53. The van der Waals surface area contributed by atoms with Crippen molar-refractivity contribution in [3.63, 3.8) is 0 Å². The van der Waals surface area contributed by atoms with Gasteiger partial charge in [0.2, 0.25) is 5.91 Å². The molecule has 0 aromatic heterocycles. The highest BCUT2D eigenvalue weighted by molar-refractivity contribution is 7.80. The van der Waals surface area contributed by atoms with Crippen LogP contribution in [0.2, 0.25) is 0 Å². The van der Waals surface area contributed by atoms with Crippen LogP contribution in [0, 0.1) is 0 Å². The Labute approximate surface area is 64.5 Å². The predicted octanol–water partition coefficient (Wildman–Crippen LogP) is 0.642. The van der Waals surface area contributed by atoms with Gasteiger partial charge in [-0.1, -0.05) is 6.92 Å². The van der Waals surface area contributed by atoms with Gasteiger partial charge in [0.25, 0.3) is 0 Å². The molecular formula is C6H8N2OS. The maximum atomic E-state index is 10.8. The van der Waals surface area contributed by atoms with Crippen LogP contribution in [0.1, 0.15) is 19.8 Å². The summed E-state index contributed by atoms with van der Waals surface area (Å²) in [5, 5.41) is 2.75. The molecule has 3 nitrogen and oxygen atoms in total. The average Bonchev–Trinajstić information content (AvgIpc) is 1.85. The highest BCUT2D eigenvalue weighted by Gasteiger charge is 2.13. The molecule has 1 aliphatic rings. The van der Waals surface area contributed by atoms with Crippen molar-refractivity contribution in [3.05, 3.63) is 0 Å². The summed E-state index contributed by atoms with van der Waals surface area (Å²) in [6.45, 7) is 1.96. The first-order valence-electron chi connectivity index (χ1n) is 3.12. The summed E-state index contributed by atoms with van der Waals surface area (Å²) in [7, 11) is 0. The molecule has 4 heteroatoms. The second-order valence-corrected chi connectivity index (χ2v) is 2.45. The lowest BCUT2D eigenvalue weighted by molar-refractivity contribution is -0.118. The highest BCUT2D eigenvalue weighted by atomic mass is 32.1. The fourth-order valence-electron chi connectivity index (χ4n) is 0.764. The molecule has 0 aromatic carbocycles. The number of nitrogens with one attached hydrogen (secondary N) is 1. The summed E-state index contributed by atoms with van der Waals surface area (Å²) in [4.78, 5) is 14.7. The minimum atomic E-state index is -0.0446. The van der Waals surface area contributed by atoms with E-state index in [1.165, 1.54) is 0 Å². The molecule has 0 spiro atoms. The number of thiocarbonyl (C=S) groups is 1. The Morgan fingerprint density at radius 3 is 3.00 bits per heavy atom. The van der Waals surface area contributed by atoms with E-state index in [0.717, 1.165) is 12.1 Å². The van der Waals surface area contributed by atoms with Gasteiger partial charge in [-0.2, -0.15) is 0 Å². The van der Waals surface area contributed by atoms with E-state index in [1.54, 1.807) is 0 Å². The van der Waals surface area contributed by atoms with Crippen LogP contribution in [0.3, 0.4) is 0 Å². The van der Waals surface area contributed by atoms with Gasteiger partial charge in [-0.25, -0.2) is 4.99 Å². The summed E-state index contributed by atoms with van der Waals surface area (Å²) in [6.07, 6.45) is 1.20. The SMILES string of the molecule is CCC1=NC(=S)NC(=O)C1. The Morgan fingerprint density at radius 1 is 1.80 bits per heavy atom. The summed E-state index contributed by atoms with van der Waals surface area (Å²) in [6, 6.07) is 0. The smallest absolute Gasteiger partial charge is 0.231 e. The molecule has 0 radical (unpaired) electrons. The van der Waals surface area contributed by atoms with Crippen molar-refractivity contribution < 1.29 is 4.79 Å². The van der Waals surface area contributed by atoms with E-state index < -0.39 is 0 Å². The molecule has 1 rings (SSSR count). The van der Waals surface area contributed by atoms with Crippen LogP contribution in [0.15, 0.2) is 4.99 Å². The third-order valence-electron chi connectivity index (χ3n) is 1.28. The summed E-state index contributed by atoms with van der Waals surface area (Å²) >= 11 is 4.71. The Morgan fingerprint density at radius 2 is 2.50 bits per heavy atom. The standard InChI is InChI=1S/C6H8N2OS/c1-2-4-3-5(9)8-6(10)7-4/h2-3H2,1H3,(H,8,9,10). The lowest BCUT2D eigenvalue weighted by atomic mass is 10.2. The Bertz CT molecular complexity index is 210. The molecule has 54 valence electrons. The number of carbonyl (C=O) groups excluding carboxylic acids is 1. The number of carbonyl (C=O) groups is 1. The first kappa shape index (κ1) is 7.34. The van der Waals surface area contributed by atoms with Gasteiger partial charge in [-0.05, 0) is 18.6 Å². The van der Waals surface area contributed by atoms with Gasteiger partial charge in [0.05, 0.1) is 6.42 Å². The van der Waals surface area contributed by atoms with Gasteiger partial charge < -0.3 is 5.32 Å². The second kappa shape index (κ2) is 2.88. The molecule has 0 unspecified atom stereocenters. The summed E-state index contributed by atoms with van der Waals surface area (Å²) < 4.78 is 0. The molecule has 0 aliphatic carbocycles. The van der Waals surface area contributed by atoms with Crippen LogP contribution < -0.4 is 5.32 Å².